The summed E-state index contributed by atoms with van der Waals surface area (Å²) >= 11 is 0. The van der Waals surface area contributed by atoms with Crippen LogP contribution in [0.2, 0.25) is 0 Å². The average molecular weight is 380 g/mol. The normalized spacial score (nSPS) is 25.7. The summed E-state index contributed by atoms with van der Waals surface area (Å²) in [4.78, 5) is 2.37. The molecular formula is C22H25FN4O. The molecule has 1 saturated heterocycles. The molecule has 3 heterocycles. The summed E-state index contributed by atoms with van der Waals surface area (Å²) in [7, 11) is 0. The van der Waals surface area contributed by atoms with Gasteiger partial charge in [-0.1, -0.05) is 18.2 Å². The second-order valence-corrected chi connectivity index (χ2v) is 7.20. The van der Waals surface area contributed by atoms with Crippen molar-refractivity contribution < 1.29 is 9.13 Å². The number of allylic oxidation sites excluding steroid dienone is 1. The van der Waals surface area contributed by atoms with Crippen molar-refractivity contribution in [1.82, 2.24) is 20.4 Å². The predicted molar refractivity (Wildman–Crippen MR) is 107 cm³/mol. The number of halogens is 1. The highest BCUT2D eigenvalue weighted by molar-refractivity contribution is 5.45. The van der Waals surface area contributed by atoms with Crippen LogP contribution in [0.25, 0.3) is 6.08 Å². The van der Waals surface area contributed by atoms with E-state index < -0.39 is 5.72 Å². The van der Waals surface area contributed by atoms with Gasteiger partial charge in [-0.25, -0.2) is 4.39 Å². The largest absolute Gasteiger partial charge is 0.477 e. The van der Waals surface area contributed by atoms with Gasteiger partial charge in [0.05, 0.1) is 12.0 Å². The van der Waals surface area contributed by atoms with Gasteiger partial charge in [0.2, 0.25) is 0 Å². The van der Waals surface area contributed by atoms with Crippen LogP contribution in [0, 0.1) is 5.82 Å². The van der Waals surface area contributed by atoms with Crippen LogP contribution >= 0.6 is 0 Å². The molecule has 2 aliphatic rings. The number of hydrogen-bond acceptors (Lipinski definition) is 5. The summed E-state index contributed by atoms with van der Waals surface area (Å²) in [5.41, 5.74) is 0.964. The van der Waals surface area contributed by atoms with Gasteiger partial charge in [0, 0.05) is 38.3 Å². The van der Waals surface area contributed by atoms with Crippen LogP contribution in [-0.2, 0) is 11.2 Å². The van der Waals surface area contributed by atoms with E-state index in [1.165, 1.54) is 6.07 Å². The van der Waals surface area contributed by atoms with Crippen molar-refractivity contribution in [2.75, 3.05) is 19.6 Å². The lowest BCUT2D eigenvalue weighted by Gasteiger charge is -2.48. The third-order valence-electron chi connectivity index (χ3n) is 5.39. The summed E-state index contributed by atoms with van der Waals surface area (Å²) < 4.78 is 20.5. The maximum atomic E-state index is 14.3. The van der Waals surface area contributed by atoms with Crippen molar-refractivity contribution in [3.05, 3.63) is 78.1 Å². The molecule has 2 unspecified atom stereocenters. The number of piperazine rings is 1. The number of aromatic nitrogens is 2. The molecule has 6 heteroatoms. The molecule has 1 aromatic carbocycles. The second kappa shape index (κ2) is 8.63. The molecule has 0 spiro atoms. The lowest BCUT2D eigenvalue weighted by Crippen LogP contribution is -2.62. The first-order chi connectivity index (χ1) is 13.8. The molecule has 0 saturated carbocycles. The van der Waals surface area contributed by atoms with Gasteiger partial charge >= 0.3 is 0 Å². The SMILES string of the molecule is Fc1ccccc1CC1CNCCN1C1(/C=C/c2cccnn2)CCC=CO1. The smallest absolute Gasteiger partial charge is 0.182 e. The number of ether oxygens (including phenoxy) is 1. The number of rotatable bonds is 5. The number of hydrogen-bond donors (Lipinski definition) is 1. The van der Waals surface area contributed by atoms with E-state index in [9.17, 15) is 4.39 Å². The highest BCUT2D eigenvalue weighted by atomic mass is 19.1. The van der Waals surface area contributed by atoms with Crippen LogP contribution in [-0.4, -0.2) is 46.5 Å². The van der Waals surface area contributed by atoms with E-state index >= 15 is 0 Å². The van der Waals surface area contributed by atoms with Crippen molar-refractivity contribution in [3.63, 3.8) is 0 Å². The zero-order chi connectivity index (χ0) is 19.2. The molecule has 0 bridgehead atoms. The van der Waals surface area contributed by atoms with Crippen LogP contribution in [0.1, 0.15) is 24.1 Å². The van der Waals surface area contributed by atoms with Gasteiger partial charge in [-0.2, -0.15) is 10.2 Å². The van der Waals surface area contributed by atoms with E-state index in [2.05, 4.69) is 26.5 Å². The van der Waals surface area contributed by atoms with Gasteiger partial charge in [-0.05, 0) is 54.8 Å². The molecule has 1 fully saturated rings. The Kier molecular flexibility index (Phi) is 5.78. The molecule has 5 nitrogen and oxygen atoms in total. The van der Waals surface area contributed by atoms with Gasteiger partial charge in [-0.3, -0.25) is 4.90 Å². The fourth-order valence-electron chi connectivity index (χ4n) is 3.99. The third-order valence-corrected chi connectivity index (χ3v) is 5.39. The maximum Gasteiger partial charge on any atom is 0.182 e. The quantitative estimate of drug-likeness (QED) is 0.864. The van der Waals surface area contributed by atoms with Crippen molar-refractivity contribution in [2.24, 2.45) is 0 Å². The topological polar surface area (TPSA) is 50.3 Å². The number of nitrogens with zero attached hydrogens (tertiary/aromatic N) is 3. The Hall–Kier alpha value is -2.57. The van der Waals surface area contributed by atoms with E-state index in [4.69, 9.17) is 4.74 Å². The molecule has 28 heavy (non-hydrogen) atoms. The summed E-state index contributed by atoms with van der Waals surface area (Å²) in [6, 6.07) is 10.9. The molecule has 146 valence electrons. The highest BCUT2D eigenvalue weighted by Crippen LogP contribution is 2.33. The van der Waals surface area contributed by atoms with Crippen LogP contribution in [0.15, 0.2) is 61.0 Å². The van der Waals surface area contributed by atoms with Crippen molar-refractivity contribution in [1.29, 1.82) is 0 Å². The molecule has 0 amide bonds. The molecule has 1 N–H and O–H groups in total. The van der Waals surface area contributed by atoms with Gasteiger partial charge in [0.1, 0.15) is 5.82 Å². The van der Waals surface area contributed by atoms with Gasteiger partial charge in [-0.15, -0.1) is 0 Å². The maximum absolute atomic E-state index is 14.3. The van der Waals surface area contributed by atoms with E-state index in [0.29, 0.717) is 6.42 Å². The molecule has 2 aliphatic heterocycles. The van der Waals surface area contributed by atoms with Crippen molar-refractivity contribution in [3.8, 4) is 0 Å². The average Bonchev–Trinajstić information content (AvgIpc) is 2.76. The van der Waals surface area contributed by atoms with Crippen molar-refractivity contribution >= 4 is 6.08 Å². The number of nitrogens with one attached hydrogen (secondary N) is 1. The minimum absolute atomic E-state index is 0.128. The monoisotopic (exact) mass is 380 g/mol. The van der Waals surface area contributed by atoms with E-state index in [0.717, 1.165) is 43.7 Å². The molecule has 0 aliphatic carbocycles. The summed E-state index contributed by atoms with van der Waals surface area (Å²) in [5, 5.41) is 11.5. The Balaban J connectivity index is 1.62. The van der Waals surface area contributed by atoms with Crippen LogP contribution in [0.4, 0.5) is 4.39 Å². The summed E-state index contributed by atoms with van der Waals surface area (Å²) in [6.45, 7) is 2.50. The first-order valence-electron chi connectivity index (χ1n) is 9.77. The van der Waals surface area contributed by atoms with Crippen LogP contribution < -0.4 is 5.32 Å². The highest BCUT2D eigenvalue weighted by Gasteiger charge is 2.41. The first-order valence-corrected chi connectivity index (χ1v) is 9.77. The van der Waals surface area contributed by atoms with E-state index in [1.807, 2.05) is 36.4 Å². The number of benzene rings is 1. The van der Waals surface area contributed by atoms with Gasteiger partial charge < -0.3 is 10.1 Å². The lowest BCUT2D eigenvalue weighted by atomic mass is 9.95. The minimum Gasteiger partial charge on any atom is -0.477 e. The van der Waals surface area contributed by atoms with Gasteiger partial charge in [0.15, 0.2) is 5.72 Å². The fraction of sp³-hybridized carbons (Fsp3) is 0.364. The summed E-state index contributed by atoms with van der Waals surface area (Å²) in [6.07, 6.45) is 11.9. The molecular weight excluding hydrogens is 355 g/mol. The Bertz CT molecular complexity index is 841. The lowest BCUT2D eigenvalue weighted by molar-refractivity contribution is -0.116. The minimum atomic E-state index is -0.565. The standard InChI is InChI=1S/C22H25FN4O/c23-21-8-2-1-6-18(21)16-20-17-24-13-14-27(20)22(10-3-4-15-28-22)11-9-19-7-5-12-25-26-19/h1-2,4-9,11-12,15,20,24H,3,10,13-14,16-17H2/b11-9+. The summed E-state index contributed by atoms with van der Waals surface area (Å²) in [5.74, 6) is -0.151. The van der Waals surface area contributed by atoms with E-state index in [1.54, 1.807) is 18.5 Å². The van der Waals surface area contributed by atoms with E-state index in [-0.39, 0.29) is 11.9 Å². The molecule has 2 aromatic rings. The Morgan fingerprint density at radius 1 is 1.29 bits per heavy atom. The predicted octanol–water partition coefficient (Wildman–Crippen LogP) is 3.17. The molecule has 1 aromatic heterocycles. The van der Waals surface area contributed by atoms with Crippen molar-refractivity contribution in [2.45, 2.75) is 31.0 Å². The van der Waals surface area contributed by atoms with Crippen LogP contribution in [0.5, 0.6) is 0 Å². The molecule has 0 radical (unpaired) electrons. The Labute approximate surface area is 164 Å². The third kappa shape index (κ3) is 4.13. The van der Waals surface area contributed by atoms with Crippen LogP contribution in [0.3, 0.4) is 0 Å². The van der Waals surface area contributed by atoms with Gasteiger partial charge in [0.25, 0.3) is 0 Å². The first kappa shape index (κ1) is 18.8. The molecule has 2 atom stereocenters. The Morgan fingerprint density at radius 3 is 3.00 bits per heavy atom. The second-order valence-electron chi connectivity index (χ2n) is 7.20. The fourth-order valence-corrected chi connectivity index (χ4v) is 3.99. The Morgan fingerprint density at radius 2 is 2.21 bits per heavy atom. The zero-order valence-electron chi connectivity index (χ0n) is 15.8. The zero-order valence-corrected chi connectivity index (χ0v) is 15.8. The molecule has 4 rings (SSSR count).